The largest absolute Gasteiger partial charge is 0.376 e. The molecule has 0 aliphatic carbocycles. The zero-order valence-corrected chi connectivity index (χ0v) is 15.2. The molecule has 25 heavy (non-hydrogen) atoms. The SMILES string of the molecule is CC(=O)c1sccc1-c1cccc(C(=O)N(C)CC2COCCO2)c1. The number of hydrogen-bond acceptors (Lipinski definition) is 5. The molecule has 1 aliphatic heterocycles. The van der Waals surface area contributed by atoms with Gasteiger partial charge in [-0.1, -0.05) is 12.1 Å². The van der Waals surface area contributed by atoms with Gasteiger partial charge in [0.15, 0.2) is 5.78 Å². The Morgan fingerprint density at radius 1 is 1.28 bits per heavy atom. The molecule has 3 rings (SSSR count). The maximum absolute atomic E-state index is 12.7. The molecule has 0 saturated carbocycles. The number of carbonyl (C=O) groups excluding carboxylic acids is 2. The standard InChI is InChI=1S/C19H21NO4S/c1-13(21)18-17(6-9-25-18)14-4-3-5-15(10-14)19(22)20(2)11-16-12-23-7-8-24-16/h3-6,9-10,16H,7-8,11-12H2,1-2H3. The fourth-order valence-corrected chi connectivity index (χ4v) is 3.70. The van der Waals surface area contributed by atoms with Crippen molar-refractivity contribution in [3.05, 3.63) is 46.2 Å². The van der Waals surface area contributed by atoms with Gasteiger partial charge in [-0.05, 0) is 36.1 Å². The van der Waals surface area contributed by atoms with Gasteiger partial charge in [-0.3, -0.25) is 9.59 Å². The van der Waals surface area contributed by atoms with Crippen LogP contribution in [0.4, 0.5) is 0 Å². The summed E-state index contributed by atoms with van der Waals surface area (Å²) >= 11 is 1.42. The maximum Gasteiger partial charge on any atom is 0.253 e. The molecule has 0 radical (unpaired) electrons. The van der Waals surface area contributed by atoms with Crippen LogP contribution in [0, 0.1) is 0 Å². The fraction of sp³-hybridized carbons (Fsp3) is 0.368. The molecule has 0 spiro atoms. The van der Waals surface area contributed by atoms with Crippen LogP contribution in [-0.4, -0.2) is 56.1 Å². The highest BCUT2D eigenvalue weighted by atomic mass is 32.1. The third kappa shape index (κ3) is 4.15. The molecule has 1 saturated heterocycles. The highest BCUT2D eigenvalue weighted by Crippen LogP contribution is 2.29. The second kappa shape index (κ2) is 7.91. The molecule has 1 atom stereocenters. The number of Topliss-reactive ketones (excluding diaryl/α,β-unsaturated/α-hetero) is 1. The van der Waals surface area contributed by atoms with E-state index >= 15 is 0 Å². The Bertz CT molecular complexity index is 764. The van der Waals surface area contributed by atoms with Gasteiger partial charge in [-0.15, -0.1) is 11.3 Å². The van der Waals surface area contributed by atoms with Crippen molar-refractivity contribution in [2.75, 3.05) is 33.4 Å². The van der Waals surface area contributed by atoms with Crippen molar-refractivity contribution in [3.63, 3.8) is 0 Å². The first-order valence-corrected chi connectivity index (χ1v) is 9.08. The summed E-state index contributed by atoms with van der Waals surface area (Å²) in [5.41, 5.74) is 2.35. The first kappa shape index (κ1) is 17.8. The average Bonchev–Trinajstić information content (AvgIpc) is 3.12. The van der Waals surface area contributed by atoms with Gasteiger partial charge >= 0.3 is 0 Å². The van der Waals surface area contributed by atoms with Gasteiger partial charge in [-0.25, -0.2) is 0 Å². The summed E-state index contributed by atoms with van der Waals surface area (Å²) in [6.45, 7) is 3.72. The van der Waals surface area contributed by atoms with E-state index in [9.17, 15) is 9.59 Å². The summed E-state index contributed by atoms with van der Waals surface area (Å²) in [6.07, 6.45) is -0.0907. The topological polar surface area (TPSA) is 55.8 Å². The Labute approximate surface area is 151 Å². The van der Waals surface area contributed by atoms with Gasteiger partial charge in [0, 0.05) is 24.7 Å². The number of rotatable bonds is 5. The second-order valence-electron chi connectivity index (χ2n) is 6.05. The number of hydrogen-bond donors (Lipinski definition) is 0. The van der Waals surface area contributed by atoms with Crippen LogP contribution in [0.3, 0.4) is 0 Å². The zero-order valence-electron chi connectivity index (χ0n) is 14.4. The predicted octanol–water partition coefficient (Wildman–Crippen LogP) is 3.11. The number of thiophene rings is 1. The first-order chi connectivity index (χ1) is 12.1. The molecular formula is C19H21NO4S. The van der Waals surface area contributed by atoms with E-state index in [1.54, 1.807) is 24.9 Å². The Morgan fingerprint density at radius 2 is 2.12 bits per heavy atom. The van der Waals surface area contributed by atoms with E-state index in [-0.39, 0.29) is 17.8 Å². The van der Waals surface area contributed by atoms with Crippen molar-refractivity contribution >= 4 is 23.0 Å². The summed E-state index contributed by atoms with van der Waals surface area (Å²) in [5, 5.41) is 1.90. The van der Waals surface area contributed by atoms with E-state index in [2.05, 4.69) is 0 Å². The Balaban J connectivity index is 1.77. The highest BCUT2D eigenvalue weighted by molar-refractivity contribution is 7.12. The van der Waals surface area contributed by atoms with Crippen LogP contribution in [-0.2, 0) is 9.47 Å². The molecule has 2 aromatic rings. The number of carbonyl (C=O) groups is 2. The van der Waals surface area contributed by atoms with Crippen LogP contribution in [0.1, 0.15) is 27.0 Å². The van der Waals surface area contributed by atoms with E-state index in [1.807, 2.05) is 29.6 Å². The minimum atomic E-state index is -0.0907. The molecule has 1 aromatic heterocycles. The molecule has 1 amide bonds. The lowest BCUT2D eigenvalue weighted by Crippen LogP contribution is -2.40. The van der Waals surface area contributed by atoms with E-state index in [1.165, 1.54) is 11.3 Å². The summed E-state index contributed by atoms with van der Waals surface area (Å²) in [5.74, 6) is -0.0380. The first-order valence-electron chi connectivity index (χ1n) is 8.20. The summed E-state index contributed by atoms with van der Waals surface area (Å²) in [4.78, 5) is 26.8. The molecule has 2 heterocycles. The summed E-state index contributed by atoms with van der Waals surface area (Å²) in [6, 6.07) is 9.31. The highest BCUT2D eigenvalue weighted by Gasteiger charge is 2.21. The number of likely N-dealkylation sites (N-methyl/N-ethyl adjacent to an activating group) is 1. The van der Waals surface area contributed by atoms with Crippen molar-refractivity contribution in [3.8, 4) is 11.1 Å². The number of nitrogens with zero attached hydrogens (tertiary/aromatic N) is 1. The molecule has 0 bridgehead atoms. The molecule has 0 N–H and O–H groups in total. The van der Waals surface area contributed by atoms with Crippen LogP contribution in [0.2, 0.25) is 0 Å². The smallest absolute Gasteiger partial charge is 0.253 e. The number of ketones is 1. The quantitative estimate of drug-likeness (QED) is 0.770. The minimum Gasteiger partial charge on any atom is -0.376 e. The Kier molecular flexibility index (Phi) is 5.63. The normalized spacial score (nSPS) is 17.3. The van der Waals surface area contributed by atoms with E-state index in [0.717, 1.165) is 11.1 Å². The fourth-order valence-electron chi connectivity index (χ4n) is 2.88. The number of ether oxygens (including phenoxy) is 2. The Morgan fingerprint density at radius 3 is 2.84 bits per heavy atom. The Hall–Kier alpha value is -2.02. The lowest BCUT2D eigenvalue weighted by atomic mass is 10.0. The van der Waals surface area contributed by atoms with Crippen molar-refractivity contribution in [1.29, 1.82) is 0 Å². The minimum absolute atomic E-state index is 0.0355. The third-order valence-corrected chi connectivity index (χ3v) is 5.13. The van der Waals surface area contributed by atoms with Crippen molar-refractivity contribution in [2.45, 2.75) is 13.0 Å². The van der Waals surface area contributed by atoms with E-state index < -0.39 is 0 Å². The van der Waals surface area contributed by atoms with Gasteiger partial charge in [0.25, 0.3) is 5.91 Å². The average molecular weight is 359 g/mol. The van der Waals surface area contributed by atoms with Gasteiger partial charge in [0.2, 0.25) is 0 Å². The molecule has 1 unspecified atom stereocenters. The van der Waals surface area contributed by atoms with Crippen LogP contribution >= 0.6 is 11.3 Å². The molecule has 1 aromatic carbocycles. The zero-order chi connectivity index (χ0) is 17.8. The number of benzene rings is 1. The molecule has 5 nitrogen and oxygen atoms in total. The maximum atomic E-state index is 12.7. The monoisotopic (exact) mass is 359 g/mol. The second-order valence-corrected chi connectivity index (χ2v) is 6.97. The predicted molar refractivity (Wildman–Crippen MR) is 97.3 cm³/mol. The van der Waals surface area contributed by atoms with Crippen LogP contribution in [0.15, 0.2) is 35.7 Å². The molecule has 6 heteroatoms. The van der Waals surface area contributed by atoms with Crippen molar-refractivity contribution in [2.24, 2.45) is 0 Å². The van der Waals surface area contributed by atoms with Gasteiger partial charge in [0.05, 0.1) is 30.8 Å². The van der Waals surface area contributed by atoms with E-state index in [0.29, 0.717) is 36.8 Å². The van der Waals surface area contributed by atoms with Crippen LogP contribution in [0.25, 0.3) is 11.1 Å². The summed E-state index contributed by atoms with van der Waals surface area (Å²) < 4.78 is 11.0. The molecule has 132 valence electrons. The van der Waals surface area contributed by atoms with Gasteiger partial charge < -0.3 is 14.4 Å². The van der Waals surface area contributed by atoms with E-state index in [4.69, 9.17) is 9.47 Å². The number of amides is 1. The van der Waals surface area contributed by atoms with Gasteiger partial charge in [-0.2, -0.15) is 0 Å². The lowest BCUT2D eigenvalue weighted by Gasteiger charge is -2.27. The lowest BCUT2D eigenvalue weighted by molar-refractivity contribution is -0.0933. The van der Waals surface area contributed by atoms with Crippen LogP contribution < -0.4 is 0 Å². The van der Waals surface area contributed by atoms with Crippen molar-refractivity contribution < 1.29 is 19.1 Å². The van der Waals surface area contributed by atoms with Crippen molar-refractivity contribution in [1.82, 2.24) is 4.90 Å². The van der Waals surface area contributed by atoms with Gasteiger partial charge in [0.1, 0.15) is 0 Å². The molecular weight excluding hydrogens is 338 g/mol. The molecule has 1 aliphatic rings. The summed E-state index contributed by atoms with van der Waals surface area (Å²) in [7, 11) is 1.76. The molecule has 1 fully saturated rings. The third-order valence-electron chi connectivity index (χ3n) is 4.11. The van der Waals surface area contributed by atoms with Crippen LogP contribution in [0.5, 0.6) is 0 Å².